The first-order chi connectivity index (χ1) is 13.0. The maximum absolute atomic E-state index is 13.8. The van der Waals surface area contributed by atoms with Gasteiger partial charge in [-0.25, -0.2) is 9.37 Å². The van der Waals surface area contributed by atoms with E-state index in [0.29, 0.717) is 11.4 Å². The molecule has 3 aromatic rings. The van der Waals surface area contributed by atoms with Gasteiger partial charge in [-0.2, -0.15) is 0 Å². The number of carbonyl (C=O) groups is 1. The van der Waals surface area contributed by atoms with Crippen LogP contribution < -0.4 is 15.4 Å². The molecule has 1 amide bonds. The standard InChI is InChI=1S/C20H17ClFN3O2/c1-12-6-8-17(27-2)16(10-12)24-13-7-9-18(23-11-13)25-20(26)19-14(21)4-3-5-15(19)22/h3-11,24H,1-2H3,(H,23,25,26). The van der Waals surface area contributed by atoms with Crippen molar-refractivity contribution >= 4 is 34.7 Å². The Morgan fingerprint density at radius 2 is 2.00 bits per heavy atom. The lowest BCUT2D eigenvalue weighted by Gasteiger charge is -2.12. The zero-order valence-electron chi connectivity index (χ0n) is 14.7. The van der Waals surface area contributed by atoms with Gasteiger partial charge in [0.2, 0.25) is 0 Å². The van der Waals surface area contributed by atoms with Crippen LogP contribution in [0, 0.1) is 12.7 Å². The average molecular weight is 386 g/mol. The van der Waals surface area contributed by atoms with Crippen molar-refractivity contribution in [3.63, 3.8) is 0 Å². The third kappa shape index (κ3) is 4.35. The minimum Gasteiger partial charge on any atom is -0.495 e. The van der Waals surface area contributed by atoms with Gasteiger partial charge in [0, 0.05) is 0 Å². The average Bonchev–Trinajstić information content (AvgIpc) is 2.63. The predicted molar refractivity (Wildman–Crippen MR) is 105 cm³/mol. The van der Waals surface area contributed by atoms with Crippen LogP contribution in [0.5, 0.6) is 5.75 Å². The van der Waals surface area contributed by atoms with Gasteiger partial charge in [-0.15, -0.1) is 0 Å². The molecule has 0 atom stereocenters. The van der Waals surface area contributed by atoms with Gasteiger partial charge < -0.3 is 15.4 Å². The Labute approximate surface area is 161 Å². The maximum Gasteiger partial charge on any atom is 0.261 e. The second-order valence-electron chi connectivity index (χ2n) is 5.81. The molecule has 0 aliphatic rings. The number of nitrogens with zero attached hydrogens (tertiary/aromatic N) is 1. The largest absolute Gasteiger partial charge is 0.495 e. The first-order valence-corrected chi connectivity index (χ1v) is 8.49. The van der Waals surface area contributed by atoms with Crippen molar-refractivity contribution < 1.29 is 13.9 Å². The summed E-state index contributed by atoms with van der Waals surface area (Å²) in [4.78, 5) is 16.4. The molecule has 0 aliphatic heterocycles. The zero-order chi connectivity index (χ0) is 19.4. The molecule has 0 unspecified atom stereocenters. The molecule has 0 aliphatic carbocycles. The van der Waals surface area contributed by atoms with Crippen LogP contribution in [0.1, 0.15) is 15.9 Å². The van der Waals surface area contributed by atoms with Gasteiger partial charge in [-0.05, 0) is 48.9 Å². The summed E-state index contributed by atoms with van der Waals surface area (Å²) in [6.07, 6.45) is 1.56. The monoisotopic (exact) mass is 385 g/mol. The van der Waals surface area contributed by atoms with E-state index in [1.807, 2.05) is 25.1 Å². The van der Waals surface area contributed by atoms with E-state index < -0.39 is 11.7 Å². The molecule has 1 aromatic heterocycles. The molecule has 0 bridgehead atoms. The fraction of sp³-hybridized carbons (Fsp3) is 0.100. The highest BCUT2D eigenvalue weighted by Gasteiger charge is 2.16. The molecule has 0 radical (unpaired) electrons. The molecule has 0 spiro atoms. The Balaban J connectivity index is 1.74. The van der Waals surface area contributed by atoms with Gasteiger partial charge in [-0.3, -0.25) is 4.79 Å². The molecular formula is C20H17ClFN3O2. The lowest BCUT2D eigenvalue weighted by Crippen LogP contribution is -2.15. The highest BCUT2D eigenvalue weighted by Crippen LogP contribution is 2.28. The highest BCUT2D eigenvalue weighted by molar-refractivity contribution is 6.34. The van der Waals surface area contributed by atoms with Gasteiger partial charge >= 0.3 is 0 Å². The third-order valence-corrected chi connectivity index (χ3v) is 4.14. The van der Waals surface area contributed by atoms with Crippen molar-refractivity contribution in [3.8, 4) is 5.75 Å². The lowest BCUT2D eigenvalue weighted by atomic mass is 10.2. The summed E-state index contributed by atoms with van der Waals surface area (Å²) < 4.78 is 19.2. The predicted octanol–water partition coefficient (Wildman–Crippen LogP) is 5.19. The van der Waals surface area contributed by atoms with E-state index >= 15 is 0 Å². The van der Waals surface area contributed by atoms with Gasteiger partial charge in [0.15, 0.2) is 0 Å². The van der Waals surface area contributed by atoms with E-state index in [4.69, 9.17) is 16.3 Å². The lowest BCUT2D eigenvalue weighted by molar-refractivity contribution is 0.102. The third-order valence-electron chi connectivity index (χ3n) is 3.83. The van der Waals surface area contributed by atoms with E-state index in [0.717, 1.165) is 11.3 Å². The van der Waals surface area contributed by atoms with Crippen LogP contribution >= 0.6 is 11.6 Å². The minimum absolute atomic E-state index is 0.0392. The number of ether oxygens (including phenoxy) is 1. The molecule has 0 saturated carbocycles. The van der Waals surface area contributed by atoms with Gasteiger partial charge in [0.05, 0.1) is 35.3 Å². The quantitative estimate of drug-likeness (QED) is 0.634. The Hall–Kier alpha value is -3.12. The Morgan fingerprint density at radius 3 is 2.67 bits per heavy atom. The fourth-order valence-corrected chi connectivity index (χ4v) is 2.76. The summed E-state index contributed by atoms with van der Waals surface area (Å²) in [5.41, 5.74) is 2.37. The molecule has 2 N–H and O–H groups in total. The first kappa shape index (κ1) is 18.7. The molecule has 2 aromatic carbocycles. The normalized spacial score (nSPS) is 10.4. The molecule has 27 heavy (non-hydrogen) atoms. The number of carbonyl (C=O) groups excluding carboxylic acids is 1. The van der Waals surface area contributed by atoms with E-state index in [1.165, 1.54) is 18.2 Å². The van der Waals surface area contributed by atoms with Crippen LogP contribution in [0.3, 0.4) is 0 Å². The number of pyridine rings is 1. The van der Waals surface area contributed by atoms with Crippen LogP contribution in [0.2, 0.25) is 5.02 Å². The Bertz CT molecular complexity index is 957. The number of rotatable bonds is 5. The van der Waals surface area contributed by atoms with Crippen LogP contribution in [-0.2, 0) is 0 Å². The van der Waals surface area contributed by atoms with E-state index in [1.54, 1.807) is 25.4 Å². The van der Waals surface area contributed by atoms with E-state index in [2.05, 4.69) is 15.6 Å². The molecule has 7 heteroatoms. The summed E-state index contributed by atoms with van der Waals surface area (Å²) >= 11 is 5.90. The SMILES string of the molecule is COc1ccc(C)cc1Nc1ccc(NC(=O)c2c(F)cccc2Cl)nc1. The topological polar surface area (TPSA) is 63.2 Å². The molecule has 1 heterocycles. The molecular weight excluding hydrogens is 369 g/mol. The fourth-order valence-electron chi connectivity index (χ4n) is 2.51. The molecule has 0 saturated heterocycles. The number of benzene rings is 2. The maximum atomic E-state index is 13.8. The number of anilines is 3. The van der Waals surface area contributed by atoms with Gasteiger partial charge in [0.25, 0.3) is 5.91 Å². The molecule has 5 nitrogen and oxygen atoms in total. The van der Waals surface area contributed by atoms with Crippen LogP contribution in [0.4, 0.5) is 21.6 Å². The second-order valence-corrected chi connectivity index (χ2v) is 6.22. The zero-order valence-corrected chi connectivity index (χ0v) is 15.5. The number of amides is 1. The molecule has 3 rings (SSSR count). The van der Waals surface area contributed by atoms with Crippen molar-refractivity contribution in [2.24, 2.45) is 0 Å². The summed E-state index contributed by atoms with van der Waals surface area (Å²) in [5.74, 6) is -0.371. The summed E-state index contributed by atoms with van der Waals surface area (Å²) in [6.45, 7) is 1.98. The van der Waals surface area contributed by atoms with Crippen LogP contribution in [0.15, 0.2) is 54.7 Å². The molecule has 0 fully saturated rings. The van der Waals surface area contributed by atoms with Gasteiger partial charge in [-0.1, -0.05) is 23.7 Å². The highest BCUT2D eigenvalue weighted by atomic mass is 35.5. The summed E-state index contributed by atoms with van der Waals surface area (Å²) in [5, 5.41) is 5.79. The summed E-state index contributed by atoms with van der Waals surface area (Å²) in [6, 6.07) is 13.2. The van der Waals surface area contributed by atoms with Gasteiger partial charge in [0.1, 0.15) is 17.4 Å². The number of nitrogens with one attached hydrogen (secondary N) is 2. The van der Waals surface area contributed by atoms with Crippen molar-refractivity contribution in [2.45, 2.75) is 6.92 Å². The minimum atomic E-state index is -0.690. The van der Waals surface area contributed by atoms with Crippen LogP contribution in [-0.4, -0.2) is 18.0 Å². The first-order valence-electron chi connectivity index (χ1n) is 8.11. The number of hydrogen-bond donors (Lipinski definition) is 2. The smallest absolute Gasteiger partial charge is 0.261 e. The Kier molecular flexibility index (Phi) is 5.57. The number of hydrogen-bond acceptors (Lipinski definition) is 4. The number of methoxy groups -OCH3 is 1. The number of aromatic nitrogens is 1. The van der Waals surface area contributed by atoms with Crippen molar-refractivity contribution in [2.75, 3.05) is 17.7 Å². The van der Waals surface area contributed by atoms with E-state index in [9.17, 15) is 9.18 Å². The van der Waals surface area contributed by atoms with Crippen molar-refractivity contribution in [1.29, 1.82) is 0 Å². The van der Waals surface area contributed by atoms with Crippen molar-refractivity contribution in [3.05, 3.63) is 76.7 Å². The van der Waals surface area contributed by atoms with Crippen LogP contribution in [0.25, 0.3) is 0 Å². The summed E-state index contributed by atoms with van der Waals surface area (Å²) in [7, 11) is 1.60. The Morgan fingerprint density at radius 1 is 1.19 bits per heavy atom. The van der Waals surface area contributed by atoms with Crippen molar-refractivity contribution in [1.82, 2.24) is 4.98 Å². The van der Waals surface area contributed by atoms with E-state index in [-0.39, 0.29) is 16.4 Å². The molecule has 138 valence electrons. The second kappa shape index (κ2) is 8.05. The number of aryl methyl sites for hydroxylation is 1. The number of halogens is 2.